The number of furan rings is 1. The highest BCUT2D eigenvalue weighted by Gasteiger charge is 2.37. The SMILES string of the molecule is C1=CC2Oc3c(C4NC(c5ccc(-c6ccc7ccccc7c6)c6oc7cccnc7c56)=NC(c5ccccc5)N4)cccc3C2C=C1. The van der Waals surface area contributed by atoms with Crippen LogP contribution in [-0.2, 0) is 0 Å². The van der Waals surface area contributed by atoms with Crippen molar-refractivity contribution in [2.75, 3.05) is 0 Å². The maximum absolute atomic E-state index is 6.63. The molecule has 48 heavy (non-hydrogen) atoms. The molecule has 0 fully saturated rings. The Morgan fingerprint density at radius 1 is 0.688 bits per heavy atom. The quantitative estimate of drug-likeness (QED) is 0.205. The molecule has 6 nitrogen and oxygen atoms in total. The van der Waals surface area contributed by atoms with Gasteiger partial charge in [0, 0.05) is 34.4 Å². The molecule has 5 aromatic carbocycles. The lowest BCUT2D eigenvalue weighted by Crippen LogP contribution is -2.45. The number of para-hydroxylation sites is 1. The first kappa shape index (κ1) is 27.2. The number of nitrogens with zero attached hydrogens (tertiary/aromatic N) is 2. The van der Waals surface area contributed by atoms with E-state index in [1.165, 1.54) is 16.3 Å². The van der Waals surface area contributed by atoms with E-state index in [2.05, 4.69) is 132 Å². The number of hydrogen-bond donors (Lipinski definition) is 2. The molecule has 0 saturated heterocycles. The van der Waals surface area contributed by atoms with Crippen molar-refractivity contribution in [3.8, 4) is 16.9 Å². The molecule has 4 atom stereocenters. The third kappa shape index (κ3) is 4.30. The fourth-order valence-electron chi connectivity index (χ4n) is 7.45. The number of hydrogen-bond acceptors (Lipinski definition) is 6. The zero-order valence-corrected chi connectivity index (χ0v) is 25.9. The summed E-state index contributed by atoms with van der Waals surface area (Å²) in [5, 5.41) is 10.9. The van der Waals surface area contributed by atoms with E-state index in [0.29, 0.717) is 0 Å². The van der Waals surface area contributed by atoms with Gasteiger partial charge in [-0.2, -0.15) is 0 Å². The van der Waals surface area contributed by atoms with Crippen molar-refractivity contribution < 1.29 is 9.15 Å². The van der Waals surface area contributed by atoms with Crippen LogP contribution in [0.25, 0.3) is 44.0 Å². The summed E-state index contributed by atoms with van der Waals surface area (Å²) in [6, 6.07) is 40.0. The minimum Gasteiger partial charge on any atom is -0.485 e. The first-order valence-corrected chi connectivity index (χ1v) is 16.4. The molecular weight excluding hydrogens is 592 g/mol. The van der Waals surface area contributed by atoms with Crippen molar-refractivity contribution in [2.24, 2.45) is 4.99 Å². The number of benzene rings is 5. The Balaban J connectivity index is 1.15. The highest BCUT2D eigenvalue weighted by molar-refractivity contribution is 6.19. The average molecular weight is 623 g/mol. The highest BCUT2D eigenvalue weighted by Crippen LogP contribution is 2.46. The highest BCUT2D eigenvalue weighted by atomic mass is 16.5. The van der Waals surface area contributed by atoms with E-state index >= 15 is 0 Å². The van der Waals surface area contributed by atoms with Gasteiger partial charge in [-0.1, -0.05) is 103 Å². The van der Waals surface area contributed by atoms with Gasteiger partial charge in [0.25, 0.3) is 0 Å². The largest absolute Gasteiger partial charge is 0.485 e. The average Bonchev–Trinajstić information content (AvgIpc) is 3.74. The molecule has 0 amide bonds. The molecule has 7 aromatic rings. The second-order valence-electron chi connectivity index (χ2n) is 12.6. The Morgan fingerprint density at radius 2 is 1.52 bits per heavy atom. The van der Waals surface area contributed by atoms with Crippen molar-refractivity contribution in [3.63, 3.8) is 0 Å². The zero-order chi connectivity index (χ0) is 31.6. The van der Waals surface area contributed by atoms with Gasteiger partial charge in [0.05, 0.1) is 5.39 Å². The van der Waals surface area contributed by atoms with Gasteiger partial charge in [0.1, 0.15) is 41.1 Å². The minimum absolute atomic E-state index is 0.00144. The summed E-state index contributed by atoms with van der Waals surface area (Å²) in [7, 11) is 0. The molecule has 2 aliphatic heterocycles. The third-order valence-corrected chi connectivity index (χ3v) is 9.76. The zero-order valence-electron chi connectivity index (χ0n) is 25.9. The number of nitrogens with one attached hydrogen (secondary N) is 2. The van der Waals surface area contributed by atoms with E-state index < -0.39 is 0 Å². The lowest BCUT2D eigenvalue weighted by Gasteiger charge is -2.33. The molecular formula is C42H30N4O2. The molecule has 4 unspecified atom stereocenters. The second-order valence-corrected chi connectivity index (χ2v) is 12.6. The van der Waals surface area contributed by atoms with Gasteiger partial charge < -0.3 is 14.5 Å². The fourth-order valence-corrected chi connectivity index (χ4v) is 7.45. The number of rotatable bonds is 4. The van der Waals surface area contributed by atoms with Crippen molar-refractivity contribution >= 4 is 38.7 Å². The second kappa shape index (κ2) is 10.8. The van der Waals surface area contributed by atoms with Crippen LogP contribution >= 0.6 is 0 Å². The van der Waals surface area contributed by atoms with Crippen molar-refractivity contribution in [1.82, 2.24) is 15.6 Å². The number of pyridine rings is 1. The van der Waals surface area contributed by atoms with Crippen molar-refractivity contribution in [1.29, 1.82) is 0 Å². The van der Waals surface area contributed by atoms with Crippen LogP contribution in [0.15, 0.2) is 155 Å². The molecule has 230 valence electrons. The van der Waals surface area contributed by atoms with Crippen molar-refractivity contribution in [3.05, 3.63) is 168 Å². The molecule has 3 aliphatic rings. The molecule has 4 heterocycles. The number of fused-ring (bicyclic) bond motifs is 7. The monoisotopic (exact) mass is 622 g/mol. The summed E-state index contributed by atoms with van der Waals surface area (Å²) in [4.78, 5) is 10.1. The lowest BCUT2D eigenvalue weighted by molar-refractivity contribution is 0.262. The van der Waals surface area contributed by atoms with Gasteiger partial charge in [0.15, 0.2) is 5.58 Å². The van der Waals surface area contributed by atoms with Gasteiger partial charge in [0.2, 0.25) is 0 Å². The topological polar surface area (TPSA) is 71.7 Å². The van der Waals surface area contributed by atoms with Crippen molar-refractivity contribution in [2.45, 2.75) is 24.4 Å². The number of allylic oxidation sites excluding steroid dienone is 2. The molecule has 6 heteroatoms. The first-order valence-electron chi connectivity index (χ1n) is 16.4. The lowest BCUT2D eigenvalue weighted by atomic mass is 9.91. The summed E-state index contributed by atoms with van der Waals surface area (Å²) in [6.07, 6.45) is 9.79. The molecule has 1 aliphatic carbocycles. The maximum atomic E-state index is 6.63. The summed E-state index contributed by atoms with van der Waals surface area (Å²) in [5.41, 5.74) is 8.72. The molecule has 0 radical (unpaired) electrons. The Kier molecular flexibility index (Phi) is 6.11. The Bertz CT molecular complexity index is 2480. The van der Waals surface area contributed by atoms with Gasteiger partial charge >= 0.3 is 0 Å². The summed E-state index contributed by atoms with van der Waals surface area (Å²) in [5.74, 6) is 1.90. The van der Waals surface area contributed by atoms with Crippen LogP contribution in [0.5, 0.6) is 5.75 Å². The Labute approximate surface area is 277 Å². The van der Waals surface area contributed by atoms with Crippen LogP contribution in [0.4, 0.5) is 0 Å². The van der Waals surface area contributed by atoms with E-state index in [-0.39, 0.29) is 24.4 Å². The first-order chi connectivity index (χ1) is 23.8. The fraction of sp³-hybridized carbons (Fsp3) is 0.0952. The van der Waals surface area contributed by atoms with Crippen LogP contribution < -0.4 is 15.4 Å². The number of aliphatic imine (C=N–C) groups is 1. The Morgan fingerprint density at radius 3 is 2.46 bits per heavy atom. The maximum Gasteiger partial charge on any atom is 0.153 e. The van der Waals surface area contributed by atoms with E-state index in [0.717, 1.165) is 61.5 Å². The van der Waals surface area contributed by atoms with E-state index in [4.69, 9.17) is 19.1 Å². The molecule has 0 saturated carbocycles. The summed E-state index contributed by atoms with van der Waals surface area (Å²) < 4.78 is 13.2. The predicted molar refractivity (Wildman–Crippen MR) is 191 cm³/mol. The van der Waals surface area contributed by atoms with Crippen LogP contribution in [0.1, 0.15) is 40.5 Å². The standard InChI is InChI=1S/C42H30N4O2/c1-2-11-26(12-3-1)40-44-41(46-42(45-40)33-16-8-15-31-30-14-6-7-17-34(30)47-38(31)33)32-22-21-29(28-20-19-25-10-4-5-13-27(25)24-28)39-36(32)37-35(48-39)18-9-23-43-37/h1-24,30,34,40,42,45H,(H,44,46). The minimum atomic E-state index is -0.298. The van der Waals surface area contributed by atoms with Gasteiger partial charge in [-0.05, 0) is 58.3 Å². The van der Waals surface area contributed by atoms with Crippen LogP contribution in [0, 0.1) is 0 Å². The van der Waals surface area contributed by atoms with E-state index in [9.17, 15) is 0 Å². The van der Waals surface area contributed by atoms with E-state index in [1.807, 2.05) is 24.4 Å². The molecule has 2 aromatic heterocycles. The number of aromatic nitrogens is 1. The van der Waals surface area contributed by atoms with Crippen LogP contribution in [0.2, 0.25) is 0 Å². The molecule has 0 bridgehead atoms. The number of ether oxygens (including phenoxy) is 1. The van der Waals surface area contributed by atoms with E-state index in [1.54, 1.807) is 0 Å². The molecule has 10 rings (SSSR count). The van der Waals surface area contributed by atoms with Crippen LogP contribution in [-0.4, -0.2) is 16.9 Å². The summed E-state index contributed by atoms with van der Waals surface area (Å²) in [6.45, 7) is 0. The Hall–Kier alpha value is -5.98. The van der Waals surface area contributed by atoms with Crippen LogP contribution in [0.3, 0.4) is 0 Å². The normalized spacial score (nSPS) is 21.1. The smallest absolute Gasteiger partial charge is 0.153 e. The van der Waals surface area contributed by atoms with Gasteiger partial charge in [-0.15, -0.1) is 0 Å². The molecule has 0 spiro atoms. The predicted octanol–water partition coefficient (Wildman–Crippen LogP) is 9.11. The van der Waals surface area contributed by atoms with Gasteiger partial charge in [-0.25, -0.2) is 4.99 Å². The molecule has 2 N–H and O–H groups in total. The number of amidine groups is 1. The third-order valence-electron chi connectivity index (χ3n) is 9.76. The van der Waals surface area contributed by atoms with Gasteiger partial charge in [-0.3, -0.25) is 10.3 Å². The summed E-state index contributed by atoms with van der Waals surface area (Å²) >= 11 is 0.